The molecule has 7 heteroatoms. The van der Waals surface area contributed by atoms with Crippen molar-refractivity contribution in [3.63, 3.8) is 0 Å². The lowest BCUT2D eigenvalue weighted by molar-refractivity contribution is -0.121. The molecule has 3 amide bonds. The standard InChI is InChI=1S/C12H25N3O4/c1-10(2)13-12(17)14-11(16)9-15(5-7-18-3)6-8-19-4/h10H,5-9H2,1-4H3,(H2,13,14,16,17). The normalized spacial score (nSPS) is 10.8. The van der Waals surface area contributed by atoms with Crippen molar-refractivity contribution in [1.82, 2.24) is 15.5 Å². The molecule has 112 valence electrons. The Morgan fingerprint density at radius 1 is 1.11 bits per heavy atom. The minimum atomic E-state index is -0.474. The minimum absolute atomic E-state index is 0.00844. The van der Waals surface area contributed by atoms with Crippen LogP contribution in [0.1, 0.15) is 13.8 Å². The van der Waals surface area contributed by atoms with Crippen LogP contribution in [0.5, 0.6) is 0 Å². The molecule has 0 rings (SSSR count). The molecule has 0 heterocycles. The van der Waals surface area contributed by atoms with Gasteiger partial charge in [-0.3, -0.25) is 15.0 Å². The maximum absolute atomic E-state index is 11.7. The number of nitrogens with one attached hydrogen (secondary N) is 2. The summed E-state index contributed by atoms with van der Waals surface area (Å²) in [6, 6.07) is -0.482. The van der Waals surface area contributed by atoms with Gasteiger partial charge in [0, 0.05) is 33.4 Å². The summed E-state index contributed by atoms with van der Waals surface area (Å²) >= 11 is 0. The summed E-state index contributed by atoms with van der Waals surface area (Å²) in [7, 11) is 3.20. The molecule has 0 atom stereocenters. The van der Waals surface area contributed by atoms with Gasteiger partial charge in [-0.2, -0.15) is 0 Å². The third kappa shape index (κ3) is 10.4. The number of ether oxygens (including phenoxy) is 2. The summed E-state index contributed by atoms with van der Waals surface area (Å²) in [5, 5.41) is 4.88. The number of hydrogen-bond donors (Lipinski definition) is 2. The van der Waals surface area contributed by atoms with E-state index in [2.05, 4.69) is 10.6 Å². The lowest BCUT2D eigenvalue weighted by atomic mass is 10.4. The predicted molar refractivity (Wildman–Crippen MR) is 72.0 cm³/mol. The Kier molecular flexibility index (Phi) is 10.1. The van der Waals surface area contributed by atoms with E-state index in [1.807, 2.05) is 18.7 Å². The van der Waals surface area contributed by atoms with Crippen LogP contribution in [-0.2, 0) is 14.3 Å². The molecule has 0 fully saturated rings. The summed E-state index contributed by atoms with van der Waals surface area (Å²) in [4.78, 5) is 24.9. The zero-order valence-corrected chi connectivity index (χ0v) is 12.2. The van der Waals surface area contributed by atoms with Gasteiger partial charge in [-0.1, -0.05) is 0 Å². The molecule has 19 heavy (non-hydrogen) atoms. The first-order chi connectivity index (χ1) is 8.99. The van der Waals surface area contributed by atoms with E-state index in [0.717, 1.165) is 0 Å². The van der Waals surface area contributed by atoms with Crippen LogP contribution < -0.4 is 10.6 Å². The van der Waals surface area contributed by atoms with Gasteiger partial charge < -0.3 is 14.8 Å². The SMILES string of the molecule is COCCN(CCOC)CC(=O)NC(=O)NC(C)C. The third-order valence-corrected chi connectivity index (χ3v) is 2.26. The molecule has 0 unspecified atom stereocenters. The van der Waals surface area contributed by atoms with Gasteiger partial charge in [0.2, 0.25) is 5.91 Å². The van der Waals surface area contributed by atoms with Gasteiger partial charge in [-0.25, -0.2) is 4.79 Å². The first kappa shape index (κ1) is 17.8. The Bertz CT molecular complexity index is 264. The molecule has 0 aromatic carbocycles. The molecule has 7 nitrogen and oxygen atoms in total. The molecule has 0 saturated heterocycles. The van der Waals surface area contributed by atoms with Crippen LogP contribution in [0.3, 0.4) is 0 Å². The van der Waals surface area contributed by atoms with Crippen LogP contribution in [0.2, 0.25) is 0 Å². The number of rotatable bonds is 9. The highest BCUT2D eigenvalue weighted by Crippen LogP contribution is 1.89. The van der Waals surface area contributed by atoms with Crippen molar-refractivity contribution < 1.29 is 19.1 Å². The van der Waals surface area contributed by atoms with Crippen LogP contribution in [-0.4, -0.2) is 69.9 Å². The molecule has 0 aliphatic heterocycles. The first-order valence-electron chi connectivity index (χ1n) is 6.30. The second kappa shape index (κ2) is 10.7. The van der Waals surface area contributed by atoms with Crippen molar-refractivity contribution in [2.24, 2.45) is 0 Å². The van der Waals surface area contributed by atoms with E-state index >= 15 is 0 Å². The lowest BCUT2D eigenvalue weighted by Crippen LogP contribution is -2.47. The number of imide groups is 1. The Balaban J connectivity index is 4.09. The minimum Gasteiger partial charge on any atom is -0.383 e. The summed E-state index contributed by atoms with van der Waals surface area (Å²) in [6.45, 7) is 6.06. The van der Waals surface area contributed by atoms with Gasteiger partial charge in [0.05, 0.1) is 19.8 Å². The Morgan fingerprint density at radius 3 is 2.05 bits per heavy atom. The van der Waals surface area contributed by atoms with Crippen molar-refractivity contribution in [3.8, 4) is 0 Å². The quantitative estimate of drug-likeness (QED) is 0.610. The molecule has 0 aliphatic rings. The molecule has 0 aromatic heterocycles. The molecule has 0 saturated carbocycles. The Labute approximate surface area is 114 Å². The molecule has 0 spiro atoms. The smallest absolute Gasteiger partial charge is 0.321 e. The maximum atomic E-state index is 11.7. The fourth-order valence-corrected chi connectivity index (χ4v) is 1.38. The number of carbonyl (C=O) groups excluding carboxylic acids is 2. The fourth-order valence-electron chi connectivity index (χ4n) is 1.38. The number of urea groups is 1. The zero-order chi connectivity index (χ0) is 14.7. The van der Waals surface area contributed by atoms with E-state index in [1.54, 1.807) is 14.2 Å². The van der Waals surface area contributed by atoms with E-state index < -0.39 is 6.03 Å². The molecular weight excluding hydrogens is 250 g/mol. The number of methoxy groups -OCH3 is 2. The van der Waals surface area contributed by atoms with Crippen molar-refractivity contribution >= 4 is 11.9 Å². The Morgan fingerprint density at radius 2 is 1.63 bits per heavy atom. The van der Waals surface area contributed by atoms with Crippen molar-refractivity contribution in [1.29, 1.82) is 0 Å². The highest BCUT2D eigenvalue weighted by atomic mass is 16.5. The fraction of sp³-hybridized carbons (Fsp3) is 0.833. The molecule has 0 aromatic rings. The number of hydrogen-bond acceptors (Lipinski definition) is 5. The number of amides is 3. The molecule has 0 radical (unpaired) electrons. The second-order valence-corrected chi connectivity index (χ2v) is 4.44. The predicted octanol–water partition coefficient (Wildman–Crippen LogP) is -0.185. The van der Waals surface area contributed by atoms with Crippen LogP contribution in [0.25, 0.3) is 0 Å². The average molecular weight is 275 g/mol. The van der Waals surface area contributed by atoms with Crippen molar-refractivity contribution in [3.05, 3.63) is 0 Å². The van der Waals surface area contributed by atoms with Gasteiger partial charge in [0.1, 0.15) is 0 Å². The van der Waals surface area contributed by atoms with E-state index in [0.29, 0.717) is 26.3 Å². The second-order valence-electron chi connectivity index (χ2n) is 4.44. The topological polar surface area (TPSA) is 79.9 Å². The van der Waals surface area contributed by atoms with Gasteiger partial charge in [0.15, 0.2) is 0 Å². The molecular formula is C12H25N3O4. The third-order valence-electron chi connectivity index (χ3n) is 2.26. The largest absolute Gasteiger partial charge is 0.383 e. The van der Waals surface area contributed by atoms with E-state index in [4.69, 9.17) is 9.47 Å². The first-order valence-corrected chi connectivity index (χ1v) is 6.30. The molecule has 0 bridgehead atoms. The van der Waals surface area contributed by atoms with Gasteiger partial charge >= 0.3 is 6.03 Å². The zero-order valence-electron chi connectivity index (χ0n) is 12.2. The monoisotopic (exact) mass is 275 g/mol. The van der Waals surface area contributed by atoms with Crippen molar-refractivity contribution in [2.45, 2.75) is 19.9 Å². The van der Waals surface area contributed by atoms with E-state index in [-0.39, 0.29) is 18.5 Å². The van der Waals surface area contributed by atoms with Crippen molar-refractivity contribution in [2.75, 3.05) is 47.1 Å². The van der Waals surface area contributed by atoms with Crippen LogP contribution >= 0.6 is 0 Å². The van der Waals surface area contributed by atoms with Gasteiger partial charge in [-0.05, 0) is 13.8 Å². The average Bonchev–Trinajstić information content (AvgIpc) is 2.31. The van der Waals surface area contributed by atoms with E-state index in [9.17, 15) is 9.59 Å². The van der Waals surface area contributed by atoms with Gasteiger partial charge in [0.25, 0.3) is 0 Å². The number of nitrogens with zero attached hydrogens (tertiary/aromatic N) is 1. The summed E-state index contributed by atoms with van der Waals surface area (Å²) in [5.41, 5.74) is 0. The van der Waals surface area contributed by atoms with E-state index in [1.165, 1.54) is 0 Å². The summed E-state index contributed by atoms with van der Waals surface area (Å²) in [5.74, 6) is -0.342. The van der Waals surface area contributed by atoms with Crippen LogP contribution in [0.15, 0.2) is 0 Å². The molecule has 0 aliphatic carbocycles. The van der Waals surface area contributed by atoms with Crippen LogP contribution in [0.4, 0.5) is 4.79 Å². The van der Waals surface area contributed by atoms with Crippen LogP contribution in [0, 0.1) is 0 Å². The summed E-state index contributed by atoms with van der Waals surface area (Å²) in [6.07, 6.45) is 0. The van der Waals surface area contributed by atoms with Gasteiger partial charge in [-0.15, -0.1) is 0 Å². The highest BCUT2D eigenvalue weighted by molar-refractivity contribution is 5.95. The lowest BCUT2D eigenvalue weighted by Gasteiger charge is -2.20. The summed E-state index contributed by atoms with van der Waals surface area (Å²) < 4.78 is 9.95. The Hall–Kier alpha value is -1.18. The maximum Gasteiger partial charge on any atom is 0.321 e. The highest BCUT2D eigenvalue weighted by Gasteiger charge is 2.13. The number of carbonyl (C=O) groups is 2. The molecule has 2 N–H and O–H groups in total.